The van der Waals surface area contributed by atoms with Crippen molar-refractivity contribution in [2.75, 3.05) is 0 Å². The first-order valence-corrected chi connectivity index (χ1v) is 7.18. The lowest BCUT2D eigenvalue weighted by Crippen LogP contribution is -2.23. The second kappa shape index (κ2) is 6.19. The zero-order chi connectivity index (χ0) is 15.6. The number of amides is 1. The van der Waals surface area contributed by atoms with Gasteiger partial charge in [0.05, 0.1) is 12.2 Å². The van der Waals surface area contributed by atoms with E-state index in [2.05, 4.69) is 15.3 Å². The van der Waals surface area contributed by atoms with Gasteiger partial charge in [-0.15, -0.1) is 11.3 Å². The molecule has 2 heterocycles. The maximum absolute atomic E-state index is 12.0. The van der Waals surface area contributed by atoms with Crippen LogP contribution in [0.4, 0.5) is 0 Å². The highest BCUT2D eigenvalue weighted by atomic mass is 35.5. The van der Waals surface area contributed by atoms with Crippen LogP contribution in [-0.4, -0.2) is 27.0 Å². The molecule has 21 heavy (non-hydrogen) atoms. The van der Waals surface area contributed by atoms with E-state index in [1.165, 1.54) is 6.07 Å². The van der Waals surface area contributed by atoms with Gasteiger partial charge >= 0.3 is 5.97 Å². The van der Waals surface area contributed by atoms with Crippen molar-refractivity contribution >= 4 is 34.8 Å². The summed E-state index contributed by atoms with van der Waals surface area (Å²) in [7, 11) is 0. The van der Waals surface area contributed by atoms with Crippen molar-refractivity contribution in [3.63, 3.8) is 0 Å². The first-order valence-electron chi connectivity index (χ1n) is 5.99. The van der Waals surface area contributed by atoms with Gasteiger partial charge in [0.25, 0.3) is 5.91 Å². The van der Waals surface area contributed by atoms with Gasteiger partial charge in [-0.1, -0.05) is 11.6 Å². The first-order chi connectivity index (χ1) is 9.86. The molecule has 0 fully saturated rings. The van der Waals surface area contributed by atoms with Crippen LogP contribution in [-0.2, 0) is 6.54 Å². The number of pyridine rings is 1. The second-order valence-corrected chi connectivity index (χ2v) is 5.80. The highest BCUT2D eigenvalue weighted by Gasteiger charge is 2.15. The van der Waals surface area contributed by atoms with Crippen molar-refractivity contribution in [1.82, 2.24) is 15.3 Å². The first kappa shape index (κ1) is 15.4. The van der Waals surface area contributed by atoms with E-state index in [-0.39, 0.29) is 22.5 Å². The molecule has 0 radical (unpaired) electrons. The lowest BCUT2D eigenvalue weighted by molar-refractivity contribution is 0.0701. The second-order valence-electron chi connectivity index (χ2n) is 4.33. The van der Waals surface area contributed by atoms with Gasteiger partial charge in [0.15, 0.2) is 0 Å². The summed E-state index contributed by atoms with van der Waals surface area (Å²) in [5, 5.41) is 12.4. The highest BCUT2D eigenvalue weighted by Crippen LogP contribution is 2.18. The maximum Gasteiger partial charge on any atom is 0.347 e. The van der Waals surface area contributed by atoms with E-state index in [0.717, 1.165) is 11.3 Å². The van der Waals surface area contributed by atoms with Crippen LogP contribution in [0.3, 0.4) is 0 Å². The third-order valence-electron chi connectivity index (χ3n) is 2.62. The third-order valence-corrected chi connectivity index (χ3v) is 3.96. The Balaban J connectivity index is 2.07. The van der Waals surface area contributed by atoms with Gasteiger partial charge in [-0.2, -0.15) is 0 Å². The molecule has 1 amide bonds. The van der Waals surface area contributed by atoms with Crippen LogP contribution in [0.2, 0.25) is 5.15 Å². The molecular weight excluding hydrogens is 314 g/mol. The van der Waals surface area contributed by atoms with Crippen molar-refractivity contribution in [1.29, 1.82) is 0 Å². The Bertz CT molecular complexity index is 694. The maximum atomic E-state index is 12.0. The average molecular weight is 326 g/mol. The van der Waals surface area contributed by atoms with Crippen LogP contribution in [0.15, 0.2) is 12.1 Å². The Morgan fingerprint density at radius 2 is 2.05 bits per heavy atom. The quantitative estimate of drug-likeness (QED) is 0.842. The van der Waals surface area contributed by atoms with Gasteiger partial charge in [-0.25, -0.2) is 14.8 Å². The van der Waals surface area contributed by atoms with E-state index < -0.39 is 5.97 Å². The molecule has 0 spiro atoms. The molecule has 2 aromatic rings. The van der Waals surface area contributed by atoms with Crippen molar-refractivity contribution in [2.24, 2.45) is 0 Å². The molecule has 2 rings (SSSR count). The minimum Gasteiger partial charge on any atom is -0.477 e. The summed E-state index contributed by atoms with van der Waals surface area (Å²) in [6, 6.07) is 3.09. The topological polar surface area (TPSA) is 92.2 Å². The molecule has 0 aliphatic carbocycles. The van der Waals surface area contributed by atoms with Crippen LogP contribution in [0.25, 0.3) is 0 Å². The molecule has 0 aromatic carbocycles. The monoisotopic (exact) mass is 325 g/mol. The van der Waals surface area contributed by atoms with E-state index in [1.807, 2.05) is 0 Å². The molecule has 110 valence electrons. The Labute approximate surface area is 129 Å². The van der Waals surface area contributed by atoms with Gasteiger partial charge in [0.2, 0.25) is 0 Å². The Morgan fingerprint density at radius 3 is 2.62 bits per heavy atom. The number of hydrogen-bond acceptors (Lipinski definition) is 5. The van der Waals surface area contributed by atoms with E-state index in [1.54, 1.807) is 19.9 Å². The predicted molar refractivity (Wildman–Crippen MR) is 79.0 cm³/mol. The van der Waals surface area contributed by atoms with E-state index >= 15 is 0 Å². The summed E-state index contributed by atoms with van der Waals surface area (Å²) >= 11 is 6.85. The van der Waals surface area contributed by atoms with Crippen LogP contribution in [0.5, 0.6) is 0 Å². The number of carboxylic acid groups (broad SMARTS) is 1. The number of nitrogens with zero attached hydrogens (tertiary/aromatic N) is 2. The fourth-order valence-electron chi connectivity index (χ4n) is 1.74. The van der Waals surface area contributed by atoms with Crippen LogP contribution < -0.4 is 5.32 Å². The van der Waals surface area contributed by atoms with E-state index in [0.29, 0.717) is 22.0 Å². The molecule has 2 N–H and O–H groups in total. The number of carbonyl (C=O) groups is 2. The lowest BCUT2D eigenvalue weighted by Gasteiger charge is -2.04. The number of nitrogens with one attached hydrogen (secondary N) is 1. The fourth-order valence-corrected chi connectivity index (χ4v) is 2.84. The number of aromatic nitrogens is 2. The van der Waals surface area contributed by atoms with Gasteiger partial charge in [-0.05, 0) is 26.0 Å². The molecule has 0 aliphatic rings. The SMILES string of the molecule is Cc1cc(C(=O)NCc2nc(C)c(C(=O)O)s2)cc(Cl)n1. The number of rotatable bonds is 4. The van der Waals surface area contributed by atoms with Crippen LogP contribution >= 0.6 is 22.9 Å². The molecule has 0 aliphatic heterocycles. The molecule has 0 saturated heterocycles. The standard InChI is InChI=1S/C13H12ClN3O3S/c1-6-3-8(4-9(14)16-6)12(18)15-5-10-17-7(2)11(21-10)13(19)20/h3-4H,5H2,1-2H3,(H,15,18)(H,19,20). The zero-order valence-electron chi connectivity index (χ0n) is 11.3. The smallest absolute Gasteiger partial charge is 0.347 e. The van der Waals surface area contributed by atoms with Crippen LogP contribution in [0, 0.1) is 13.8 Å². The number of aryl methyl sites for hydroxylation is 2. The molecule has 0 saturated carbocycles. The van der Waals surface area contributed by atoms with Gasteiger partial charge in [0.1, 0.15) is 15.0 Å². The van der Waals surface area contributed by atoms with Crippen molar-refractivity contribution < 1.29 is 14.7 Å². The highest BCUT2D eigenvalue weighted by molar-refractivity contribution is 7.13. The Hall–Kier alpha value is -1.99. The van der Waals surface area contributed by atoms with Gasteiger partial charge < -0.3 is 10.4 Å². The number of carbonyl (C=O) groups excluding carboxylic acids is 1. The number of aromatic carboxylic acids is 1. The third kappa shape index (κ3) is 3.77. The number of carboxylic acids is 1. The predicted octanol–water partition coefficient (Wildman–Crippen LogP) is 2.44. The van der Waals surface area contributed by atoms with Crippen molar-refractivity contribution in [3.8, 4) is 0 Å². The van der Waals surface area contributed by atoms with Crippen molar-refractivity contribution in [3.05, 3.63) is 44.1 Å². The number of hydrogen-bond donors (Lipinski definition) is 2. The molecule has 8 heteroatoms. The molecule has 2 aromatic heterocycles. The Kier molecular flexibility index (Phi) is 4.54. The number of halogens is 1. The van der Waals surface area contributed by atoms with Gasteiger partial charge in [-0.3, -0.25) is 4.79 Å². The molecule has 6 nitrogen and oxygen atoms in total. The fraction of sp³-hybridized carbons (Fsp3) is 0.231. The molecule has 0 unspecified atom stereocenters. The van der Waals surface area contributed by atoms with E-state index in [4.69, 9.17) is 16.7 Å². The lowest BCUT2D eigenvalue weighted by atomic mass is 10.2. The summed E-state index contributed by atoms with van der Waals surface area (Å²) in [5.74, 6) is -1.33. The normalized spacial score (nSPS) is 10.4. The van der Waals surface area contributed by atoms with E-state index in [9.17, 15) is 9.59 Å². The Morgan fingerprint density at radius 1 is 1.33 bits per heavy atom. The average Bonchev–Trinajstić information content (AvgIpc) is 2.76. The zero-order valence-corrected chi connectivity index (χ0v) is 12.9. The molecule has 0 bridgehead atoms. The summed E-state index contributed by atoms with van der Waals surface area (Å²) in [4.78, 5) is 31.2. The minimum absolute atomic E-state index is 0.163. The minimum atomic E-state index is -1.01. The summed E-state index contributed by atoms with van der Waals surface area (Å²) in [5.41, 5.74) is 1.49. The summed E-state index contributed by atoms with van der Waals surface area (Å²) in [6.45, 7) is 3.53. The molecular formula is C13H12ClN3O3S. The molecule has 0 atom stereocenters. The summed E-state index contributed by atoms with van der Waals surface area (Å²) in [6.07, 6.45) is 0. The van der Waals surface area contributed by atoms with Gasteiger partial charge in [0, 0.05) is 11.3 Å². The van der Waals surface area contributed by atoms with Crippen LogP contribution in [0.1, 0.15) is 36.4 Å². The number of thiazole rings is 1. The largest absolute Gasteiger partial charge is 0.477 e. The summed E-state index contributed by atoms with van der Waals surface area (Å²) < 4.78 is 0. The van der Waals surface area contributed by atoms with Crippen molar-refractivity contribution in [2.45, 2.75) is 20.4 Å².